The molecule has 3 aromatic heterocycles. The van der Waals surface area contributed by atoms with Gasteiger partial charge in [0, 0.05) is 29.7 Å². The van der Waals surface area contributed by atoms with Crippen molar-refractivity contribution in [3.63, 3.8) is 0 Å². The molecule has 0 aliphatic carbocycles. The molecular weight excluding hydrogens is 550 g/mol. The first-order valence-corrected chi connectivity index (χ1v) is 14.9. The van der Waals surface area contributed by atoms with Gasteiger partial charge in [0.25, 0.3) is 0 Å². The number of pyridine rings is 1. The summed E-state index contributed by atoms with van der Waals surface area (Å²) < 4.78 is 33.9. The van der Waals surface area contributed by atoms with Crippen molar-refractivity contribution >= 4 is 54.8 Å². The molecule has 11 nitrogen and oxygen atoms in total. The van der Waals surface area contributed by atoms with Crippen molar-refractivity contribution in [3.05, 3.63) is 72.5 Å². The molecule has 0 spiro atoms. The fraction of sp³-hybridized carbons (Fsp3) is 0.185. The van der Waals surface area contributed by atoms with Crippen molar-refractivity contribution in [2.45, 2.75) is 26.3 Å². The quantitative estimate of drug-likeness (QED) is 0.212. The predicted molar refractivity (Wildman–Crippen MR) is 158 cm³/mol. The minimum atomic E-state index is -3.46. The maximum atomic E-state index is 13.0. The maximum absolute atomic E-state index is 13.0. The first-order chi connectivity index (χ1) is 18.9. The van der Waals surface area contributed by atoms with Gasteiger partial charge in [-0.25, -0.2) is 23.2 Å². The van der Waals surface area contributed by atoms with Crippen molar-refractivity contribution in [2.75, 3.05) is 21.6 Å². The Labute approximate surface area is 235 Å². The van der Waals surface area contributed by atoms with Crippen molar-refractivity contribution in [1.29, 1.82) is 0 Å². The third-order valence-electron chi connectivity index (χ3n) is 5.62. The lowest BCUT2D eigenvalue weighted by molar-refractivity contribution is 0.262. The Bertz CT molecular complexity index is 1790. The van der Waals surface area contributed by atoms with Gasteiger partial charge in [-0.05, 0) is 63.2 Å². The molecule has 2 amide bonds. The molecule has 0 unspecified atom stereocenters. The lowest BCUT2D eigenvalue weighted by atomic mass is 10.1. The van der Waals surface area contributed by atoms with Gasteiger partial charge in [-0.2, -0.15) is 5.10 Å². The van der Waals surface area contributed by atoms with E-state index in [1.165, 1.54) is 12.3 Å². The number of fused-ring (bicyclic) bond motifs is 1. The van der Waals surface area contributed by atoms with E-state index >= 15 is 0 Å². The molecule has 5 aromatic rings. The minimum Gasteiger partial charge on any atom is -0.457 e. The number of nitrogens with zero attached hydrogens (tertiary/aromatic N) is 4. The summed E-state index contributed by atoms with van der Waals surface area (Å²) in [6.45, 7) is 6.11. The van der Waals surface area contributed by atoms with E-state index in [0.29, 0.717) is 28.6 Å². The van der Waals surface area contributed by atoms with E-state index in [4.69, 9.17) is 9.84 Å². The van der Waals surface area contributed by atoms with Crippen LogP contribution in [0.4, 0.5) is 22.0 Å². The Morgan fingerprint density at radius 3 is 2.48 bits per heavy atom. The Balaban J connectivity index is 1.29. The van der Waals surface area contributed by atoms with Crippen molar-refractivity contribution in [1.82, 2.24) is 19.7 Å². The summed E-state index contributed by atoms with van der Waals surface area (Å²) in [5.41, 5.74) is 5.00. The molecule has 0 bridgehead atoms. The highest BCUT2D eigenvalue weighted by atomic mass is 32.2. The van der Waals surface area contributed by atoms with E-state index in [1.54, 1.807) is 47.2 Å². The van der Waals surface area contributed by atoms with Crippen LogP contribution in [0, 0.1) is 0 Å². The number of rotatable bonds is 7. The number of carbonyl (C=O) groups is 1. The number of hydrogen-bond donors (Lipinski definition) is 3. The highest BCUT2D eigenvalue weighted by Crippen LogP contribution is 2.32. The average Bonchev–Trinajstić information content (AvgIpc) is 3.51. The van der Waals surface area contributed by atoms with E-state index in [2.05, 4.69) is 25.3 Å². The summed E-state index contributed by atoms with van der Waals surface area (Å²) in [6, 6.07) is 15.4. The summed E-state index contributed by atoms with van der Waals surface area (Å²) in [5, 5.41) is 10.5. The standard InChI is InChI=1S/C27H27N7O4S2/c1-27(2,3)34-15-22(25(32-34)17-5-10-23-21(13-17)29-16-39-23)31-26(35)30-18-6-8-19(9-7-18)38-20-11-12-28-24(14-20)33-40(4,36)37/h5-16H,1-4H3,(H,28,33)(H2,30,31,35). The zero-order valence-electron chi connectivity index (χ0n) is 22.2. The van der Waals surface area contributed by atoms with Gasteiger partial charge in [0.1, 0.15) is 23.0 Å². The second-order valence-electron chi connectivity index (χ2n) is 10.00. The molecule has 13 heteroatoms. The van der Waals surface area contributed by atoms with Gasteiger partial charge in [0.05, 0.1) is 33.2 Å². The van der Waals surface area contributed by atoms with E-state index in [0.717, 1.165) is 22.0 Å². The van der Waals surface area contributed by atoms with Crippen LogP contribution in [-0.2, 0) is 15.6 Å². The minimum absolute atomic E-state index is 0.149. The van der Waals surface area contributed by atoms with E-state index in [9.17, 15) is 13.2 Å². The van der Waals surface area contributed by atoms with Crippen LogP contribution in [0.1, 0.15) is 20.8 Å². The second kappa shape index (κ2) is 10.6. The fourth-order valence-corrected chi connectivity index (χ4v) is 4.93. The van der Waals surface area contributed by atoms with Crippen LogP contribution in [0.3, 0.4) is 0 Å². The number of carbonyl (C=O) groups excluding carboxylic acids is 1. The Hall–Kier alpha value is -4.49. The van der Waals surface area contributed by atoms with Gasteiger partial charge in [-0.15, -0.1) is 11.3 Å². The highest BCUT2D eigenvalue weighted by molar-refractivity contribution is 7.92. The topological polar surface area (TPSA) is 140 Å². The third kappa shape index (κ3) is 6.55. The SMILES string of the molecule is CC(C)(C)n1cc(NC(=O)Nc2ccc(Oc3ccnc(NS(C)(=O)=O)c3)cc2)c(-c2ccc3scnc3c2)n1. The van der Waals surface area contributed by atoms with Crippen molar-refractivity contribution < 1.29 is 17.9 Å². The summed E-state index contributed by atoms with van der Waals surface area (Å²) in [7, 11) is -3.46. The normalized spacial score (nSPS) is 11.8. The molecule has 0 saturated heterocycles. The van der Waals surface area contributed by atoms with Crippen LogP contribution in [0.25, 0.3) is 21.5 Å². The molecule has 2 aromatic carbocycles. The summed E-state index contributed by atoms with van der Waals surface area (Å²) >= 11 is 1.57. The molecule has 206 valence electrons. The number of thiazole rings is 1. The second-order valence-corrected chi connectivity index (χ2v) is 12.6. The molecule has 0 fully saturated rings. The van der Waals surface area contributed by atoms with E-state index in [-0.39, 0.29) is 11.4 Å². The highest BCUT2D eigenvalue weighted by Gasteiger charge is 2.21. The van der Waals surface area contributed by atoms with Crippen LogP contribution in [-0.4, -0.2) is 40.5 Å². The third-order valence-corrected chi connectivity index (χ3v) is 7.01. The number of sulfonamides is 1. The Morgan fingerprint density at radius 1 is 0.975 bits per heavy atom. The van der Waals surface area contributed by atoms with E-state index in [1.807, 2.05) is 49.8 Å². The smallest absolute Gasteiger partial charge is 0.323 e. The molecule has 5 rings (SSSR count). The number of nitrogens with one attached hydrogen (secondary N) is 3. The summed E-state index contributed by atoms with van der Waals surface area (Å²) in [5.74, 6) is 1.04. The summed E-state index contributed by atoms with van der Waals surface area (Å²) in [4.78, 5) is 21.3. The number of aromatic nitrogens is 4. The number of ether oxygens (including phenoxy) is 1. The summed E-state index contributed by atoms with van der Waals surface area (Å²) in [6.07, 6.45) is 4.30. The van der Waals surface area contributed by atoms with E-state index < -0.39 is 16.1 Å². The number of urea groups is 1. The first-order valence-electron chi connectivity index (χ1n) is 12.2. The molecule has 40 heavy (non-hydrogen) atoms. The molecule has 0 radical (unpaired) electrons. The van der Waals surface area contributed by atoms with Crippen LogP contribution in [0.2, 0.25) is 0 Å². The first kappa shape index (κ1) is 27.1. The fourth-order valence-electron chi connectivity index (χ4n) is 3.77. The molecule has 0 atom stereocenters. The van der Waals surface area contributed by atoms with Crippen LogP contribution >= 0.6 is 11.3 Å². The number of benzene rings is 2. The Kier molecular flexibility index (Phi) is 7.17. The largest absolute Gasteiger partial charge is 0.457 e. The van der Waals surface area contributed by atoms with Crippen molar-refractivity contribution in [2.24, 2.45) is 0 Å². The zero-order valence-corrected chi connectivity index (χ0v) is 23.8. The molecule has 3 heterocycles. The molecular formula is C27H27N7O4S2. The molecule has 0 aliphatic rings. The van der Waals surface area contributed by atoms with Gasteiger partial charge < -0.3 is 15.4 Å². The monoisotopic (exact) mass is 577 g/mol. The molecule has 0 saturated carbocycles. The molecule has 3 N–H and O–H groups in total. The lowest BCUT2D eigenvalue weighted by Gasteiger charge is -2.18. The van der Waals surface area contributed by atoms with Gasteiger partial charge >= 0.3 is 6.03 Å². The Morgan fingerprint density at radius 2 is 1.75 bits per heavy atom. The van der Waals surface area contributed by atoms with Gasteiger partial charge in [-0.1, -0.05) is 6.07 Å². The predicted octanol–water partition coefficient (Wildman–Crippen LogP) is 6.12. The maximum Gasteiger partial charge on any atom is 0.323 e. The molecule has 0 aliphatic heterocycles. The zero-order chi connectivity index (χ0) is 28.5. The lowest BCUT2D eigenvalue weighted by Crippen LogP contribution is -2.22. The number of anilines is 3. The van der Waals surface area contributed by atoms with Crippen LogP contribution in [0.15, 0.2) is 72.5 Å². The van der Waals surface area contributed by atoms with Gasteiger partial charge in [0.15, 0.2) is 0 Å². The average molecular weight is 578 g/mol. The number of hydrogen-bond acceptors (Lipinski definition) is 8. The van der Waals surface area contributed by atoms with Gasteiger partial charge in [-0.3, -0.25) is 9.40 Å². The van der Waals surface area contributed by atoms with Crippen LogP contribution in [0.5, 0.6) is 11.5 Å². The van der Waals surface area contributed by atoms with Crippen molar-refractivity contribution in [3.8, 4) is 22.8 Å². The van der Waals surface area contributed by atoms with Gasteiger partial charge in [0.2, 0.25) is 10.0 Å². The number of amides is 2. The van der Waals surface area contributed by atoms with Crippen LogP contribution < -0.4 is 20.1 Å².